The molecular weight excluding hydrogens is 249 g/mol. The zero-order valence-corrected chi connectivity index (χ0v) is 11.1. The second-order valence-corrected chi connectivity index (χ2v) is 5.18. The maximum atomic E-state index is 12.8. The van der Waals surface area contributed by atoms with Gasteiger partial charge in [-0.3, -0.25) is 4.90 Å². The van der Waals surface area contributed by atoms with E-state index in [9.17, 15) is 4.39 Å². The van der Waals surface area contributed by atoms with Gasteiger partial charge in [-0.05, 0) is 24.7 Å². The minimum absolute atomic E-state index is 0.200. The van der Waals surface area contributed by atoms with Crippen LogP contribution >= 0.6 is 11.3 Å². The fourth-order valence-electron chi connectivity index (χ4n) is 1.75. The summed E-state index contributed by atoms with van der Waals surface area (Å²) in [6.45, 7) is 2.04. The number of rotatable bonds is 5. The lowest BCUT2D eigenvalue weighted by Crippen LogP contribution is -2.17. The van der Waals surface area contributed by atoms with Gasteiger partial charge in [-0.2, -0.15) is 0 Å². The standard InChI is InChI=1S/C13H16FN3S/c1-17(7-10-2-4-11(14)5-3-10)8-12-9-18-13(6-15)16-12/h2-5,9H,6-8,15H2,1H3. The van der Waals surface area contributed by atoms with Crippen molar-refractivity contribution in [2.24, 2.45) is 5.73 Å². The zero-order chi connectivity index (χ0) is 13.0. The normalized spacial score (nSPS) is 11.1. The van der Waals surface area contributed by atoms with E-state index in [4.69, 9.17) is 5.73 Å². The van der Waals surface area contributed by atoms with E-state index >= 15 is 0 Å². The minimum Gasteiger partial charge on any atom is -0.325 e. The molecule has 1 aromatic heterocycles. The van der Waals surface area contributed by atoms with Crippen molar-refractivity contribution in [2.75, 3.05) is 7.05 Å². The first-order valence-corrected chi connectivity index (χ1v) is 6.61. The smallest absolute Gasteiger partial charge is 0.123 e. The summed E-state index contributed by atoms with van der Waals surface area (Å²) in [5.74, 6) is -0.200. The molecule has 2 aromatic rings. The molecule has 5 heteroatoms. The van der Waals surface area contributed by atoms with Gasteiger partial charge < -0.3 is 5.73 Å². The molecule has 2 rings (SSSR count). The van der Waals surface area contributed by atoms with Gasteiger partial charge in [0.05, 0.1) is 5.69 Å². The van der Waals surface area contributed by atoms with Crippen molar-refractivity contribution in [1.29, 1.82) is 0 Å². The van der Waals surface area contributed by atoms with E-state index in [1.165, 1.54) is 12.1 Å². The van der Waals surface area contributed by atoms with E-state index < -0.39 is 0 Å². The molecule has 0 saturated carbocycles. The third kappa shape index (κ3) is 3.60. The molecule has 0 aliphatic heterocycles. The summed E-state index contributed by atoms with van der Waals surface area (Å²) >= 11 is 1.59. The zero-order valence-electron chi connectivity index (χ0n) is 10.3. The summed E-state index contributed by atoms with van der Waals surface area (Å²) < 4.78 is 12.8. The first-order chi connectivity index (χ1) is 8.67. The molecule has 0 bridgehead atoms. The number of nitrogens with zero attached hydrogens (tertiary/aromatic N) is 2. The Kier molecular flexibility index (Phi) is 4.41. The monoisotopic (exact) mass is 265 g/mol. The third-order valence-electron chi connectivity index (χ3n) is 2.57. The Morgan fingerprint density at radius 2 is 2.00 bits per heavy atom. The van der Waals surface area contributed by atoms with Crippen LogP contribution in [0.15, 0.2) is 29.6 Å². The van der Waals surface area contributed by atoms with Crippen molar-refractivity contribution < 1.29 is 4.39 Å². The molecule has 3 nitrogen and oxygen atoms in total. The van der Waals surface area contributed by atoms with Crippen molar-refractivity contribution >= 4 is 11.3 Å². The highest BCUT2D eigenvalue weighted by Crippen LogP contribution is 2.12. The van der Waals surface area contributed by atoms with Gasteiger partial charge in [0.2, 0.25) is 0 Å². The number of hydrogen-bond donors (Lipinski definition) is 1. The third-order valence-corrected chi connectivity index (χ3v) is 3.49. The van der Waals surface area contributed by atoms with Gasteiger partial charge in [0.25, 0.3) is 0 Å². The molecule has 0 atom stereocenters. The van der Waals surface area contributed by atoms with Crippen LogP contribution in [0.1, 0.15) is 16.3 Å². The highest BCUT2D eigenvalue weighted by molar-refractivity contribution is 7.09. The summed E-state index contributed by atoms with van der Waals surface area (Å²) in [5.41, 5.74) is 7.65. The average molecular weight is 265 g/mol. The molecule has 2 N–H and O–H groups in total. The Labute approximate surface area is 110 Å². The molecule has 0 unspecified atom stereocenters. The fourth-order valence-corrected chi connectivity index (χ4v) is 2.41. The molecular formula is C13H16FN3S. The van der Waals surface area contributed by atoms with Crippen LogP contribution in [0.4, 0.5) is 4.39 Å². The summed E-state index contributed by atoms with van der Waals surface area (Å²) in [6.07, 6.45) is 0. The number of halogens is 1. The van der Waals surface area contributed by atoms with E-state index in [2.05, 4.69) is 9.88 Å². The molecule has 1 heterocycles. The van der Waals surface area contributed by atoms with Gasteiger partial charge in [-0.15, -0.1) is 11.3 Å². The molecule has 1 aromatic carbocycles. The largest absolute Gasteiger partial charge is 0.325 e. The average Bonchev–Trinajstić information content (AvgIpc) is 2.79. The second kappa shape index (κ2) is 6.04. The molecule has 0 aliphatic carbocycles. The van der Waals surface area contributed by atoms with Gasteiger partial charge in [0.15, 0.2) is 0 Å². The number of nitrogens with two attached hydrogens (primary N) is 1. The van der Waals surface area contributed by atoms with Crippen LogP contribution in [-0.4, -0.2) is 16.9 Å². The summed E-state index contributed by atoms with van der Waals surface area (Å²) in [7, 11) is 2.02. The highest BCUT2D eigenvalue weighted by Gasteiger charge is 2.05. The maximum absolute atomic E-state index is 12.8. The quantitative estimate of drug-likeness (QED) is 0.902. The van der Waals surface area contributed by atoms with E-state index in [-0.39, 0.29) is 5.82 Å². The molecule has 0 spiro atoms. The lowest BCUT2D eigenvalue weighted by molar-refractivity contribution is 0.315. The van der Waals surface area contributed by atoms with E-state index in [1.54, 1.807) is 23.5 Å². The van der Waals surface area contributed by atoms with Crippen molar-refractivity contribution in [3.8, 4) is 0 Å². The van der Waals surface area contributed by atoms with Crippen molar-refractivity contribution in [2.45, 2.75) is 19.6 Å². The molecule has 0 fully saturated rings. The van der Waals surface area contributed by atoms with E-state index in [0.29, 0.717) is 6.54 Å². The van der Waals surface area contributed by atoms with Crippen molar-refractivity contribution in [1.82, 2.24) is 9.88 Å². The SMILES string of the molecule is CN(Cc1ccc(F)cc1)Cc1csc(CN)n1. The van der Waals surface area contributed by atoms with Crippen molar-refractivity contribution in [3.63, 3.8) is 0 Å². The molecule has 18 heavy (non-hydrogen) atoms. The van der Waals surface area contributed by atoms with Crippen LogP contribution in [0.25, 0.3) is 0 Å². The fraction of sp³-hybridized carbons (Fsp3) is 0.308. The van der Waals surface area contributed by atoms with Gasteiger partial charge in [-0.1, -0.05) is 12.1 Å². The van der Waals surface area contributed by atoms with Gasteiger partial charge in [0.1, 0.15) is 10.8 Å². The van der Waals surface area contributed by atoms with Crippen molar-refractivity contribution in [3.05, 3.63) is 51.7 Å². The summed E-state index contributed by atoms with van der Waals surface area (Å²) in [4.78, 5) is 6.56. The van der Waals surface area contributed by atoms with Gasteiger partial charge in [0, 0.05) is 25.0 Å². The number of hydrogen-bond acceptors (Lipinski definition) is 4. The van der Waals surface area contributed by atoms with Gasteiger partial charge in [-0.25, -0.2) is 9.37 Å². The Morgan fingerprint density at radius 1 is 1.28 bits per heavy atom. The van der Waals surface area contributed by atoms with Crippen LogP contribution < -0.4 is 5.73 Å². The molecule has 0 radical (unpaired) electrons. The maximum Gasteiger partial charge on any atom is 0.123 e. The summed E-state index contributed by atoms with van der Waals surface area (Å²) in [6, 6.07) is 6.58. The Balaban J connectivity index is 1.91. The Hall–Kier alpha value is -1.30. The number of aromatic nitrogens is 1. The first-order valence-electron chi connectivity index (χ1n) is 5.73. The number of thiazole rings is 1. The van der Waals surface area contributed by atoms with E-state index in [1.807, 2.05) is 12.4 Å². The Bertz CT molecular complexity index is 495. The Morgan fingerprint density at radius 3 is 2.61 bits per heavy atom. The molecule has 0 saturated heterocycles. The molecule has 0 amide bonds. The lowest BCUT2D eigenvalue weighted by atomic mass is 10.2. The van der Waals surface area contributed by atoms with Crippen LogP contribution in [-0.2, 0) is 19.6 Å². The minimum atomic E-state index is -0.200. The van der Waals surface area contributed by atoms with Gasteiger partial charge >= 0.3 is 0 Å². The topological polar surface area (TPSA) is 42.1 Å². The molecule has 96 valence electrons. The first kappa shape index (κ1) is 13.1. The predicted molar refractivity (Wildman–Crippen MR) is 71.6 cm³/mol. The number of benzene rings is 1. The predicted octanol–water partition coefficient (Wildman–Crippen LogP) is 2.37. The van der Waals surface area contributed by atoms with Crippen LogP contribution in [0.5, 0.6) is 0 Å². The van der Waals surface area contributed by atoms with Crippen LogP contribution in [0.3, 0.4) is 0 Å². The van der Waals surface area contributed by atoms with Crippen LogP contribution in [0, 0.1) is 5.82 Å². The lowest BCUT2D eigenvalue weighted by Gasteiger charge is -2.15. The second-order valence-electron chi connectivity index (χ2n) is 4.24. The van der Waals surface area contributed by atoms with E-state index in [0.717, 1.165) is 29.4 Å². The highest BCUT2D eigenvalue weighted by atomic mass is 32.1. The van der Waals surface area contributed by atoms with Crippen LogP contribution in [0.2, 0.25) is 0 Å². The summed E-state index contributed by atoms with van der Waals surface area (Å²) in [5, 5.41) is 2.99. The molecule has 0 aliphatic rings.